The molecule has 0 fully saturated rings. The highest BCUT2D eigenvalue weighted by Gasteiger charge is 2.01. The molecule has 0 radical (unpaired) electrons. The van der Waals surface area contributed by atoms with Crippen molar-refractivity contribution >= 4 is 11.8 Å². The summed E-state index contributed by atoms with van der Waals surface area (Å²) in [4.78, 5) is 0. The Balaban J connectivity index is 2.56. The highest BCUT2D eigenvalue weighted by molar-refractivity contribution is 5.88. The standard InChI is InChI=1S/C11H14N2O/c1-8-3-5-10(6-4-8)7-11(13)14-9(2)12/h3-6,12-13H,7H2,1-2H3. The number of hydrogen-bond donors (Lipinski definition) is 2. The average Bonchev–Trinajstić information content (AvgIpc) is 2.07. The van der Waals surface area contributed by atoms with Crippen LogP contribution in [0, 0.1) is 17.7 Å². The molecule has 0 aromatic heterocycles. The first-order valence-corrected chi connectivity index (χ1v) is 4.44. The predicted molar refractivity (Wildman–Crippen MR) is 57.1 cm³/mol. The van der Waals surface area contributed by atoms with Crippen molar-refractivity contribution in [2.45, 2.75) is 20.3 Å². The van der Waals surface area contributed by atoms with E-state index in [-0.39, 0.29) is 11.8 Å². The van der Waals surface area contributed by atoms with E-state index in [9.17, 15) is 0 Å². The molecule has 0 saturated heterocycles. The van der Waals surface area contributed by atoms with Gasteiger partial charge in [-0.2, -0.15) is 0 Å². The maximum atomic E-state index is 7.45. The lowest BCUT2D eigenvalue weighted by Gasteiger charge is -2.04. The highest BCUT2D eigenvalue weighted by Crippen LogP contribution is 2.04. The molecule has 3 heteroatoms. The zero-order chi connectivity index (χ0) is 10.6. The molecule has 0 aliphatic heterocycles. The Labute approximate surface area is 83.7 Å². The average molecular weight is 190 g/mol. The molecule has 0 spiro atoms. The van der Waals surface area contributed by atoms with Crippen molar-refractivity contribution in [2.75, 3.05) is 0 Å². The number of ether oxygens (including phenoxy) is 1. The molecule has 0 heterocycles. The Kier molecular flexibility index (Phi) is 3.40. The van der Waals surface area contributed by atoms with Gasteiger partial charge in [0.25, 0.3) is 0 Å². The van der Waals surface area contributed by atoms with E-state index in [1.807, 2.05) is 31.2 Å². The van der Waals surface area contributed by atoms with Crippen LogP contribution in [0.5, 0.6) is 0 Å². The van der Waals surface area contributed by atoms with Crippen LogP contribution in [0.4, 0.5) is 0 Å². The summed E-state index contributed by atoms with van der Waals surface area (Å²) in [5, 5.41) is 14.5. The molecule has 0 aliphatic carbocycles. The number of aryl methyl sites for hydroxylation is 1. The monoisotopic (exact) mass is 190 g/mol. The number of hydrogen-bond acceptors (Lipinski definition) is 3. The fraction of sp³-hybridized carbons (Fsp3) is 0.273. The summed E-state index contributed by atoms with van der Waals surface area (Å²) < 4.78 is 4.85. The van der Waals surface area contributed by atoms with E-state index >= 15 is 0 Å². The molecule has 1 aromatic rings. The van der Waals surface area contributed by atoms with Gasteiger partial charge in [-0.25, -0.2) is 0 Å². The van der Waals surface area contributed by atoms with Gasteiger partial charge in [0.2, 0.25) is 0 Å². The number of nitrogens with one attached hydrogen (secondary N) is 2. The van der Waals surface area contributed by atoms with E-state index in [4.69, 9.17) is 15.6 Å². The van der Waals surface area contributed by atoms with Crippen LogP contribution < -0.4 is 0 Å². The van der Waals surface area contributed by atoms with Gasteiger partial charge < -0.3 is 4.74 Å². The topological polar surface area (TPSA) is 56.9 Å². The fourth-order valence-corrected chi connectivity index (χ4v) is 1.11. The van der Waals surface area contributed by atoms with Crippen LogP contribution in [0.25, 0.3) is 0 Å². The number of rotatable bonds is 2. The highest BCUT2D eigenvalue weighted by atomic mass is 16.5. The van der Waals surface area contributed by atoms with Crippen LogP contribution in [0.3, 0.4) is 0 Å². The van der Waals surface area contributed by atoms with E-state index < -0.39 is 0 Å². The molecule has 0 atom stereocenters. The van der Waals surface area contributed by atoms with Gasteiger partial charge in [-0.05, 0) is 12.5 Å². The Morgan fingerprint density at radius 3 is 2.29 bits per heavy atom. The lowest BCUT2D eigenvalue weighted by molar-refractivity contribution is 0.517. The third kappa shape index (κ3) is 3.39. The summed E-state index contributed by atoms with van der Waals surface area (Å²) in [5.41, 5.74) is 2.23. The van der Waals surface area contributed by atoms with Crippen molar-refractivity contribution in [3.05, 3.63) is 35.4 Å². The summed E-state index contributed by atoms with van der Waals surface area (Å²) in [5.74, 6) is 0.170. The largest absolute Gasteiger partial charge is 0.430 e. The van der Waals surface area contributed by atoms with Crippen molar-refractivity contribution in [2.24, 2.45) is 0 Å². The van der Waals surface area contributed by atoms with E-state index in [2.05, 4.69) is 0 Å². The summed E-state index contributed by atoms with van der Waals surface area (Å²) in [6, 6.07) is 7.93. The minimum Gasteiger partial charge on any atom is -0.430 e. The van der Waals surface area contributed by atoms with E-state index in [1.54, 1.807) is 0 Å². The molecular weight excluding hydrogens is 176 g/mol. The summed E-state index contributed by atoms with van der Waals surface area (Å²) in [7, 11) is 0. The molecule has 1 rings (SSSR count). The molecule has 0 aliphatic rings. The molecule has 3 nitrogen and oxygen atoms in total. The summed E-state index contributed by atoms with van der Waals surface area (Å²) >= 11 is 0. The number of benzene rings is 1. The molecule has 0 bridgehead atoms. The van der Waals surface area contributed by atoms with Crippen LogP contribution in [-0.2, 0) is 11.2 Å². The molecule has 0 unspecified atom stereocenters. The van der Waals surface area contributed by atoms with Crippen LogP contribution in [0.2, 0.25) is 0 Å². The van der Waals surface area contributed by atoms with E-state index in [1.165, 1.54) is 12.5 Å². The third-order valence-electron chi connectivity index (χ3n) is 1.76. The smallest absolute Gasteiger partial charge is 0.193 e. The van der Waals surface area contributed by atoms with Crippen LogP contribution >= 0.6 is 0 Å². The zero-order valence-electron chi connectivity index (χ0n) is 8.42. The van der Waals surface area contributed by atoms with Crippen LogP contribution in [0.15, 0.2) is 24.3 Å². The molecule has 74 valence electrons. The second-order valence-corrected chi connectivity index (χ2v) is 3.24. The maximum absolute atomic E-state index is 7.45. The van der Waals surface area contributed by atoms with Crippen molar-refractivity contribution in [3.8, 4) is 0 Å². The second kappa shape index (κ2) is 4.56. The van der Waals surface area contributed by atoms with E-state index in [0.717, 1.165) is 5.56 Å². The Hall–Kier alpha value is -1.64. The Bertz CT molecular complexity index is 341. The maximum Gasteiger partial charge on any atom is 0.193 e. The Morgan fingerprint density at radius 1 is 1.21 bits per heavy atom. The molecule has 2 N–H and O–H groups in total. The van der Waals surface area contributed by atoms with Gasteiger partial charge in [-0.15, -0.1) is 0 Å². The Morgan fingerprint density at radius 2 is 1.79 bits per heavy atom. The van der Waals surface area contributed by atoms with Gasteiger partial charge >= 0.3 is 0 Å². The quantitative estimate of drug-likeness (QED) is 0.546. The molecule has 0 saturated carbocycles. The van der Waals surface area contributed by atoms with Crippen molar-refractivity contribution in [1.82, 2.24) is 0 Å². The van der Waals surface area contributed by atoms with Crippen molar-refractivity contribution in [1.29, 1.82) is 10.8 Å². The summed E-state index contributed by atoms with van der Waals surface area (Å²) in [6.07, 6.45) is 0.441. The lowest BCUT2D eigenvalue weighted by atomic mass is 10.1. The van der Waals surface area contributed by atoms with Crippen molar-refractivity contribution in [3.63, 3.8) is 0 Å². The van der Waals surface area contributed by atoms with Gasteiger partial charge in [-0.3, -0.25) is 10.8 Å². The minimum atomic E-state index is 0.0575. The van der Waals surface area contributed by atoms with Crippen LogP contribution in [0.1, 0.15) is 18.1 Å². The SMILES string of the molecule is CC(=N)OC(=N)Cc1ccc(C)cc1. The van der Waals surface area contributed by atoms with Crippen molar-refractivity contribution < 1.29 is 4.74 Å². The molecule has 1 aromatic carbocycles. The van der Waals surface area contributed by atoms with E-state index in [0.29, 0.717) is 6.42 Å². The fourth-order valence-electron chi connectivity index (χ4n) is 1.11. The predicted octanol–water partition coefficient (Wildman–Crippen LogP) is 2.53. The van der Waals surface area contributed by atoms with Gasteiger partial charge in [0.15, 0.2) is 11.8 Å². The van der Waals surface area contributed by atoms with Gasteiger partial charge in [0.05, 0.1) is 0 Å². The second-order valence-electron chi connectivity index (χ2n) is 3.24. The third-order valence-corrected chi connectivity index (χ3v) is 1.76. The summed E-state index contributed by atoms with van der Waals surface area (Å²) in [6.45, 7) is 3.54. The van der Waals surface area contributed by atoms with Gasteiger partial charge in [0, 0.05) is 13.3 Å². The first-order valence-electron chi connectivity index (χ1n) is 4.44. The molecular formula is C11H14N2O. The van der Waals surface area contributed by atoms with Gasteiger partial charge in [0.1, 0.15) is 0 Å². The normalized spacial score (nSPS) is 9.57. The first kappa shape index (κ1) is 10.4. The molecule has 0 amide bonds. The van der Waals surface area contributed by atoms with Gasteiger partial charge in [-0.1, -0.05) is 29.8 Å². The van der Waals surface area contributed by atoms with Crippen LogP contribution in [-0.4, -0.2) is 11.8 Å². The molecule has 14 heavy (non-hydrogen) atoms. The first-order chi connectivity index (χ1) is 6.58. The minimum absolute atomic E-state index is 0.0575. The lowest BCUT2D eigenvalue weighted by Crippen LogP contribution is -2.10. The zero-order valence-corrected chi connectivity index (χ0v) is 8.42.